The van der Waals surface area contributed by atoms with Crippen molar-refractivity contribution in [3.63, 3.8) is 0 Å². The highest BCUT2D eigenvalue weighted by molar-refractivity contribution is 9.10. The lowest BCUT2D eigenvalue weighted by atomic mass is 10.0. The Labute approximate surface area is 373 Å². The number of imidazole rings is 2. The van der Waals surface area contributed by atoms with Crippen molar-refractivity contribution in [2.75, 3.05) is 27.3 Å². The Hall–Kier alpha value is -6.08. The summed E-state index contributed by atoms with van der Waals surface area (Å²) in [6.45, 7) is 7.61. The molecule has 0 spiro atoms. The van der Waals surface area contributed by atoms with Gasteiger partial charge < -0.3 is 39.9 Å². The molecule has 20 nitrogen and oxygen atoms in total. The lowest BCUT2D eigenvalue weighted by Gasteiger charge is -2.30. The number of hydrogen-bond donors (Lipinski definition) is 4. The van der Waals surface area contributed by atoms with Gasteiger partial charge in [0.05, 0.1) is 38.4 Å². The minimum atomic E-state index is -0.867. The molecule has 0 aliphatic carbocycles. The summed E-state index contributed by atoms with van der Waals surface area (Å²) in [5, 5.41) is 13.0. The average molecular weight is 979 g/mol. The van der Waals surface area contributed by atoms with E-state index in [1.165, 1.54) is 14.2 Å². The van der Waals surface area contributed by atoms with Crippen LogP contribution in [0.15, 0.2) is 68.0 Å². The van der Waals surface area contributed by atoms with Gasteiger partial charge in [0.25, 0.3) is 0 Å². The first-order chi connectivity index (χ1) is 29.7. The predicted molar refractivity (Wildman–Crippen MR) is 235 cm³/mol. The van der Waals surface area contributed by atoms with Crippen LogP contribution >= 0.6 is 31.9 Å². The Morgan fingerprint density at radius 2 is 1.02 bits per heavy atom. The number of carbonyl (C=O) groups is 4. The van der Waals surface area contributed by atoms with Gasteiger partial charge in [-0.1, -0.05) is 86.5 Å². The van der Waals surface area contributed by atoms with Gasteiger partial charge in [-0.2, -0.15) is 0 Å². The number of methoxy groups -OCH3 is 2. The molecule has 2 aliphatic rings. The predicted octanol–water partition coefficient (Wildman–Crippen LogP) is 8.32. The normalized spacial score (nSPS) is 19.4. The van der Waals surface area contributed by atoms with Crippen molar-refractivity contribution in [2.24, 2.45) is 22.1 Å². The second-order valence-electron chi connectivity index (χ2n) is 15.6. The molecule has 0 radical (unpaired) electrons. The summed E-state index contributed by atoms with van der Waals surface area (Å²) in [6, 6.07) is 11.9. The Morgan fingerprint density at radius 1 is 0.677 bits per heavy atom. The molecule has 0 bridgehead atoms. The van der Waals surface area contributed by atoms with Gasteiger partial charge in [-0.3, -0.25) is 9.59 Å². The van der Waals surface area contributed by atoms with E-state index >= 15 is 0 Å². The Balaban J connectivity index is 1.20. The summed E-state index contributed by atoms with van der Waals surface area (Å²) >= 11 is 7.23. The zero-order valence-electron chi connectivity index (χ0n) is 34.7. The van der Waals surface area contributed by atoms with Crippen LogP contribution in [0.25, 0.3) is 54.5 Å². The van der Waals surface area contributed by atoms with Gasteiger partial charge in [-0.25, -0.2) is 19.6 Å². The second kappa shape index (κ2) is 19.7. The van der Waals surface area contributed by atoms with Crippen molar-refractivity contribution in [1.29, 1.82) is 0 Å². The first-order valence-corrected chi connectivity index (χ1v) is 21.4. The second-order valence-corrected chi connectivity index (χ2v) is 17.2. The number of nitrogens with one attached hydrogen (secondary N) is 4. The van der Waals surface area contributed by atoms with Crippen molar-refractivity contribution in [1.82, 2.24) is 40.4 Å². The standard InChI is InChI=1S/C40H46Br2N14O6/c1-19(2)29(47-39(59)61-5)37(57)55-17-25(51-53-43)15-27(55)35-45-31(33(41)49-35)23-11-7-21(8-12-23)22-9-13-24(14-10-22)32-34(42)50-36(46-32)28-16-26(52-54-44)18-56(28)38(58)30(20(3)4)48-40(60)62-6/h7-14,19-20,25-30H,15-18H2,1-6H3,(H,45,49)(H,46,50)(H,47,59)(H,48,60)/t25-,26-,27-,28-,29-,30-/m0/s1. The van der Waals surface area contributed by atoms with Crippen LogP contribution in [0.1, 0.15) is 64.3 Å². The van der Waals surface area contributed by atoms with Gasteiger partial charge in [0.2, 0.25) is 11.8 Å². The number of aromatic amines is 2. The van der Waals surface area contributed by atoms with Crippen LogP contribution in [0.4, 0.5) is 9.59 Å². The van der Waals surface area contributed by atoms with Crippen molar-refractivity contribution in [3.05, 3.63) is 90.3 Å². The third-order valence-corrected chi connectivity index (χ3v) is 12.1. The number of alkyl carbamates (subject to hydrolysis) is 2. The van der Waals surface area contributed by atoms with Crippen LogP contribution < -0.4 is 10.6 Å². The number of aromatic nitrogens is 4. The summed E-state index contributed by atoms with van der Waals surface area (Å²) in [6.07, 6.45) is -0.759. The molecule has 326 valence electrons. The molecule has 4 aromatic rings. The van der Waals surface area contributed by atoms with Crippen LogP contribution in [0.5, 0.6) is 0 Å². The van der Waals surface area contributed by atoms with Crippen molar-refractivity contribution < 1.29 is 28.7 Å². The Bertz CT molecular complexity index is 2230. The molecule has 2 saturated heterocycles. The van der Waals surface area contributed by atoms with Gasteiger partial charge in [0, 0.05) is 34.0 Å². The number of azide groups is 2. The van der Waals surface area contributed by atoms with E-state index in [0.717, 1.165) is 22.3 Å². The van der Waals surface area contributed by atoms with E-state index in [-0.39, 0.29) is 36.7 Å². The van der Waals surface area contributed by atoms with Crippen molar-refractivity contribution in [2.45, 2.75) is 76.8 Å². The van der Waals surface area contributed by atoms with E-state index in [2.05, 4.69) is 72.5 Å². The van der Waals surface area contributed by atoms with Crippen molar-refractivity contribution >= 4 is 55.9 Å². The molecule has 2 aromatic heterocycles. The molecule has 2 fully saturated rings. The summed E-state index contributed by atoms with van der Waals surface area (Å²) in [5.41, 5.74) is 23.1. The fourth-order valence-corrected chi connectivity index (χ4v) is 8.82. The van der Waals surface area contributed by atoms with Crippen LogP contribution in [-0.2, 0) is 19.1 Å². The van der Waals surface area contributed by atoms with Gasteiger partial charge in [0.1, 0.15) is 44.3 Å². The fourth-order valence-electron chi connectivity index (χ4n) is 7.78. The topological polar surface area (TPSA) is 272 Å². The molecule has 6 rings (SSSR count). The average Bonchev–Trinajstić information content (AvgIpc) is 4.06. The molecular formula is C40H46Br2N14O6. The zero-order valence-corrected chi connectivity index (χ0v) is 37.9. The Morgan fingerprint density at radius 3 is 1.32 bits per heavy atom. The first kappa shape index (κ1) is 45.4. The molecule has 0 unspecified atom stereocenters. The van der Waals surface area contributed by atoms with Crippen LogP contribution in [0, 0.1) is 11.8 Å². The lowest BCUT2D eigenvalue weighted by Crippen LogP contribution is -2.51. The minimum absolute atomic E-state index is 0.162. The number of carbonyl (C=O) groups excluding carboxylic acids is 4. The number of ether oxygens (including phenoxy) is 2. The van der Waals surface area contributed by atoms with E-state index in [1.807, 2.05) is 76.2 Å². The lowest BCUT2D eigenvalue weighted by molar-refractivity contribution is -0.136. The Kier molecular flexibility index (Phi) is 14.5. The number of likely N-dealkylation sites (tertiary alicyclic amines) is 2. The van der Waals surface area contributed by atoms with E-state index < -0.39 is 48.4 Å². The fraction of sp³-hybridized carbons (Fsp3) is 0.450. The number of nitrogens with zero attached hydrogens (tertiary/aromatic N) is 10. The monoisotopic (exact) mass is 976 g/mol. The number of amides is 4. The summed E-state index contributed by atoms with van der Waals surface area (Å²) in [5.74, 6) is -0.165. The molecule has 4 heterocycles. The van der Waals surface area contributed by atoms with Crippen molar-refractivity contribution in [3.8, 4) is 33.6 Å². The van der Waals surface area contributed by atoms with E-state index in [9.17, 15) is 30.2 Å². The molecule has 22 heteroatoms. The zero-order chi connectivity index (χ0) is 44.8. The van der Waals surface area contributed by atoms with Gasteiger partial charge in [-0.15, -0.1) is 0 Å². The third kappa shape index (κ3) is 9.83. The number of rotatable bonds is 13. The van der Waals surface area contributed by atoms with Gasteiger partial charge in [0.15, 0.2) is 0 Å². The number of halogens is 2. The maximum absolute atomic E-state index is 13.8. The summed E-state index contributed by atoms with van der Waals surface area (Å²) < 4.78 is 10.7. The molecular weight excluding hydrogens is 932 g/mol. The molecule has 0 saturated carbocycles. The molecule has 6 atom stereocenters. The quantitative estimate of drug-likeness (QED) is 0.0573. The van der Waals surface area contributed by atoms with Crippen LogP contribution in [0.3, 0.4) is 0 Å². The highest BCUT2D eigenvalue weighted by atomic mass is 79.9. The molecule has 2 aliphatic heterocycles. The smallest absolute Gasteiger partial charge is 0.407 e. The number of H-pyrrole nitrogens is 2. The largest absolute Gasteiger partial charge is 0.453 e. The maximum Gasteiger partial charge on any atom is 0.407 e. The molecule has 4 N–H and O–H groups in total. The summed E-state index contributed by atoms with van der Waals surface area (Å²) in [4.78, 5) is 77.3. The summed E-state index contributed by atoms with van der Waals surface area (Å²) in [7, 11) is 2.47. The van der Waals surface area contributed by atoms with Gasteiger partial charge in [-0.05, 0) is 78.7 Å². The third-order valence-electron chi connectivity index (χ3n) is 11.0. The first-order valence-electron chi connectivity index (χ1n) is 19.8. The minimum Gasteiger partial charge on any atom is -0.453 e. The van der Waals surface area contributed by atoms with E-state index in [4.69, 9.17) is 19.4 Å². The van der Waals surface area contributed by atoms with E-state index in [0.29, 0.717) is 45.1 Å². The number of benzene rings is 2. The van der Waals surface area contributed by atoms with Crippen LogP contribution in [0.2, 0.25) is 0 Å². The number of hydrogen-bond acceptors (Lipinski definition) is 10. The molecule has 4 amide bonds. The van der Waals surface area contributed by atoms with Crippen LogP contribution in [-0.4, -0.2) is 105 Å². The highest BCUT2D eigenvalue weighted by Gasteiger charge is 2.43. The van der Waals surface area contributed by atoms with Gasteiger partial charge >= 0.3 is 12.2 Å². The van der Waals surface area contributed by atoms with E-state index in [1.54, 1.807) is 9.80 Å². The molecule has 62 heavy (non-hydrogen) atoms. The highest BCUT2D eigenvalue weighted by Crippen LogP contribution is 2.39. The SMILES string of the molecule is COC(=O)N[C@H](C(=O)N1C[C@@H](N=[N+]=[N-])C[C@H]1c1nc(-c2ccc(-c3ccc(-c4nc([C@@H]5C[C@H](N=[N+]=[N-])CN5C(=O)[C@@H](NC(=O)OC)C(C)C)[nH]c4Br)cc3)cc2)c(Br)[nH]1)C(C)C. The molecule has 2 aromatic carbocycles. The maximum atomic E-state index is 13.8.